The Morgan fingerprint density at radius 1 is 0.786 bits per heavy atom. The second kappa shape index (κ2) is 8.71. The van der Waals surface area contributed by atoms with Crippen molar-refractivity contribution in [1.29, 1.82) is 0 Å². The molecular weight excluding hydrogens is 184 g/mol. The van der Waals surface area contributed by atoms with Gasteiger partial charge in [0.2, 0.25) is 0 Å². The summed E-state index contributed by atoms with van der Waals surface area (Å²) in [5, 5.41) is 5.58. The molecule has 0 aliphatic carbocycles. The van der Waals surface area contributed by atoms with Crippen LogP contribution in [0.1, 0.15) is 0 Å². The van der Waals surface area contributed by atoms with Gasteiger partial charge < -0.3 is 9.80 Å². The van der Waals surface area contributed by atoms with Crippen LogP contribution in [0.5, 0.6) is 0 Å². The van der Waals surface area contributed by atoms with Gasteiger partial charge in [-0.1, -0.05) is 10.4 Å². The molecule has 14 heavy (non-hydrogen) atoms. The first-order chi connectivity index (χ1) is 6.70. The molecule has 0 bridgehead atoms. The summed E-state index contributed by atoms with van der Waals surface area (Å²) in [6.07, 6.45) is 0. The second-order valence-electron chi connectivity index (χ2n) is 3.31. The van der Waals surface area contributed by atoms with Crippen molar-refractivity contribution in [3.8, 4) is 0 Å². The SMILES string of the molecule is CN(CCN=O)CCN(C)CCN=O. The first kappa shape index (κ1) is 13.1. The molecule has 0 aliphatic heterocycles. The normalized spacial score (nSPS) is 10.9. The molecule has 0 heterocycles. The molecular formula is C8H18N4O2. The number of nitrogens with zero attached hydrogens (tertiary/aromatic N) is 4. The third-order valence-corrected chi connectivity index (χ3v) is 2.01. The fraction of sp³-hybridized carbons (Fsp3) is 1.00. The van der Waals surface area contributed by atoms with E-state index in [0.29, 0.717) is 26.2 Å². The van der Waals surface area contributed by atoms with E-state index in [0.717, 1.165) is 13.1 Å². The van der Waals surface area contributed by atoms with E-state index >= 15 is 0 Å². The lowest BCUT2D eigenvalue weighted by atomic mass is 10.4. The Morgan fingerprint density at radius 3 is 1.43 bits per heavy atom. The third kappa shape index (κ3) is 7.75. The standard InChI is InChI=1S/C8H18N4O2/c1-11(5-3-9-13)7-8-12(2)6-4-10-14/h3-8H2,1-2H3. The van der Waals surface area contributed by atoms with Gasteiger partial charge in [0.15, 0.2) is 0 Å². The predicted molar refractivity (Wildman–Crippen MR) is 56.3 cm³/mol. The molecule has 0 spiro atoms. The minimum absolute atomic E-state index is 0.329. The van der Waals surface area contributed by atoms with Crippen LogP contribution in [0.3, 0.4) is 0 Å². The van der Waals surface area contributed by atoms with Crippen LogP contribution in [0.15, 0.2) is 10.4 Å². The highest BCUT2D eigenvalue weighted by Crippen LogP contribution is 1.87. The summed E-state index contributed by atoms with van der Waals surface area (Å²) in [7, 11) is 3.88. The zero-order chi connectivity index (χ0) is 10.8. The van der Waals surface area contributed by atoms with E-state index < -0.39 is 0 Å². The number of hydrogen-bond donors (Lipinski definition) is 0. The van der Waals surface area contributed by atoms with Gasteiger partial charge in [-0.05, 0) is 14.1 Å². The Labute approximate surface area is 84.2 Å². The zero-order valence-electron chi connectivity index (χ0n) is 8.85. The van der Waals surface area contributed by atoms with Gasteiger partial charge in [-0.3, -0.25) is 0 Å². The maximum absolute atomic E-state index is 9.85. The number of hydrogen-bond acceptors (Lipinski definition) is 6. The predicted octanol–water partition coefficient (Wildman–Crippen LogP) is 0.383. The van der Waals surface area contributed by atoms with Gasteiger partial charge in [-0.15, -0.1) is 0 Å². The molecule has 0 radical (unpaired) electrons. The molecule has 6 heteroatoms. The maximum atomic E-state index is 9.85. The van der Waals surface area contributed by atoms with Crippen LogP contribution in [0.25, 0.3) is 0 Å². The first-order valence-corrected chi connectivity index (χ1v) is 4.66. The van der Waals surface area contributed by atoms with Crippen molar-refractivity contribution < 1.29 is 0 Å². The van der Waals surface area contributed by atoms with Gasteiger partial charge in [-0.25, -0.2) is 0 Å². The monoisotopic (exact) mass is 202 g/mol. The zero-order valence-corrected chi connectivity index (χ0v) is 8.85. The average Bonchev–Trinajstić information content (AvgIpc) is 2.20. The largest absolute Gasteiger partial charge is 0.303 e. The number of likely N-dealkylation sites (N-methyl/N-ethyl adjacent to an activating group) is 2. The number of nitroso groups, excluding NO2 is 2. The van der Waals surface area contributed by atoms with Crippen molar-refractivity contribution in [1.82, 2.24) is 9.80 Å². The third-order valence-electron chi connectivity index (χ3n) is 2.01. The molecule has 0 N–H and O–H groups in total. The van der Waals surface area contributed by atoms with E-state index in [-0.39, 0.29) is 0 Å². The highest BCUT2D eigenvalue weighted by Gasteiger charge is 2.01. The van der Waals surface area contributed by atoms with Crippen LogP contribution in [0.4, 0.5) is 0 Å². The van der Waals surface area contributed by atoms with E-state index in [1.807, 2.05) is 23.9 Å². The van der Waals surface area contributed by atoms with Crippen molar-refractivity contribution in [3.63, 3.8) is 0 Å². The molecule has 82 valence electrons. The summed E-state index contributed by atoms with van der Waals surface area (Å²) in [4.78, 5) is 23.8. The first-order valence-electron chi connectivity index (χ1n) is 4.66. The molecule has 6 nitrogen and oxygen atoms in total. The van der Waals surface area contributed by atoms with Crippen LogP contribution < -0.4 is 0 Å². The summed E-state index contributed by atoms with van der Waals surface area (Å²) in [5.41, 5.74) is 0. The fourth-order valence-corrected chi connectivity index (χ4v) is 0.988. The number of rotatable bonds is 9. The molecule has 0 saturated carbocycles. The second-order valence-corrected chi connectivity index (χ2v) is 3.31. The molecule has 0 aliphatic rings. The Balaban J connectivity index is 3.39. The minimum Gasteiger partial charge on any atom is -0.303 e. The van der Waals surface area contributed by atoms with Gasteiger partial charge in [0.05, 0.1) is 13.1 Å². The summed E-state index contributed by atoms with van der Waals surface area (Å²) in [6, 6.07) is 0. The molecule has 0 aromatic heterocycles. The smallest absolute Gasteiger partial charge is 0.0938 e. The van der Waals surface area contributed by atoms with Gasteiger partial charge in [0.25, 0.3) is 0 Å². The Bertz CT molecular complexity index is 147. The highest BCUT2D eigenvalue weighted by molar-refractivity contribution is 4.59. The van der Waals surface area contributed by atoms with Crippen LogP contribution in [-0.4, -0.2) is 63.2 Å². The van der Waals surface area contributed by atoms with Gasteiger partial charge in [0, 0.05) is 26.2 Å². The summed E-state index contributed by atoms with van der Waals surface area (Å²) in [5.74, 6) is 0. The van der Waals surface area contributed by atoms with Gasteiger partial charge in [0.1, 0.15) is 0 Å². The topological polar surface area (TPSA) is 65.3 Å². The van der Waals surface area contributed by atoms with Crippen LogP contribution >= 0.6 is 0 Å². The van der Waals surface area contributed by atoms with Crippen LogP contribution in [-0.2, 0) is 0 Å². The van der Waals surface area contributed by atoms with Crippen molar-refractivity contribution in [3.05, 3.63) is 9.81 Å². The summed E-state index contributed by atoms with van der Waals surface area (Å²) in [6.45, 7) is 3.76. The summed E-state index contributed by atoms with van der Waals surface area (Å²) < 4.78 is 0. The van der Waals surface area contributed by atoms with Crippen molar-refractivity contribution in [2.75, 3.05) is 53.4 Å². The molecule has 0 aromatic rings. The Hall–Kier alpha value is -0.880. The van der Waals surface area contributed by atoms with Gasteiger partial charge >= 0.3 is 0 Å². The molecule has 0 atom stereocenters. The van der Waals surface area contributed by atoms with Gasteiger partial charge in [-0.2, -0.15) is 9.81 Å². The van der Waals surface area contributed by atoms with Crippen molar-refractivity contribution >= 4 is 0 Å². The molecule has 0 aromatic carbocycles. The summed E-state index contributed by atoms with van der Waals surface area (Å²) >= 11 is 0. The average molecular weight is 202 g/mol. The van der Waals surface area contributed by atoms with E-state index in [1.54, 1.807) is 0 Å². The lowest BCUT2D eigenvalue weighted by molar-refractivity contribution is 0.264. The highest BCUT2D eigenvalue weighted by atomic mass is 16.3. The van der Waals surface area contributed by atoms with Crippen molar-refractivity contribution in [2.45, 2.75) is 0 Å². The van der Waals surface area contributed by atoms with Crippen LogP contribution in [0.2, 0.25) is 0 Å². The Kier molecular flexibility index (Phi) is 8.16. The molecule has 0 amide bonds. The van der Waals surface area contributed by atoms with E-state index in [9.17, 15) is 9.81 Å². The lowest BCUT2D eigenvalue weighted by Gasteiger charge is -2.20. The maximum Gasteiger partial charge on any atom is 0.0938 e. The minimum atomic E-state index is 0.329. The lowest BCUT2D eigenvalue weighted by Crippen LogP contribution is -2.33. The van der Waals surface area contributed by atoms with E-state index in [2.05, 4.69) is 10.4 Å². The van der Waals surface area contributed by atoms with E-state index in [1.165, 1.54) is 0 Å². The molecule has 0 rings (SSSR count). The fourth-order valence-electron chi connectivity index (χ4n) is 0.988. The molecule has 0 fully saturated rings. The molecule has 0 saturated heterocycles. The van der Waals surface area contributed by atoms with Crippen molar-refractivity contribution in [2.24, 2.45) is 10.4 Å². The quantitative estimate of drug-likeness (QED) is 0.507. The van der Waals surface area contributed by atoms with E-state index in [4.69, 9.17) is 0 Å². The van der Waals surface area contributed by atoms with Crippen LogP contribution in [0, 0.1) is 9.81 Å². The molecule has 0 unspecified atom stereocenters. The Morgan fingerprint density at radius 2 is 1.14 bits per heavy atom.